The molecule has 0 radical (unpaired) electrons. The predicted molar refractivity (Wildman–Crippen MR) is 125 cm³/mol. The van der Waals surface area contributed by atoms with E-state index in [2.05, 4.69) is 48.4 Å². The Kier molecular flexibility index (Phi) is 9.81. The summed E-state index contributed by atoms with van der Waals surface area (Å²) in [6.07, 6.45) is 1.11. The summed E-state index contributed by atoms with van der Waals surface area (Å²) in [4.78, 5) is 7.39. The third-order valence-electron chi connectivity index (χ3n) is 5.28. The molecule has 1 fully saturated rings. The van der Waals surface area contributed by atoms with Crippen LogP contribution in [0.4, 0.5) is 0 Å². The third-order valence-corrected chi connectivity index (χ3v) is 5.28. The van der Waals surface area contributed by atoms with Gasteiger partial charge in [-0.25, -0.2) is 0 Å². The Morgan fingerprint density at radius 3 is 2.64 bits per heavy atom. The van der Waals surface area contributed by atoms with Gasteiger partial charge in [-0.3, -0.25) is 9.89 Å². The SMILES string of the molecule is CCNC(=NCC(C(C)C)N1CCOCC1)NCC1Cc2ccccc2O1.I. The molecule has 7 heteroatoms. The maximum Gasteiger partial charge on any atom is 0.191 e. The van der Waals surface area contributed by atoms with E-state index < -0.39 is 0 Å². The van der Waals surface area contributed by atoms with E-state index in [1.807, 2.05) is 12.1 Å². The number of fused-ring (bicyclic) bond motifs is 1. The number of nitrogens with zero attached hydrogens (tertiary/aromatic N) is 2. The van der Waals surface area contributed by atoms with Crippen LogP contribution in [-0.2, 0) is 11.2 Å². The van der Waals surface area contributed by atoms with Gasteiger partial charge in [-0.1, -0.05) is 32.0 Å². The van der Waals surface area contributed by atoms with Crippen LogP contribution in [0, 0.1) is 5.92 Å². The van der Waals surface area contributed by atoms with Crippen LogP contribution in [0.25, 0.3) is 0 Å². The lowest BCUT2D eigenvalue weighted by Crippen LogP contribution is -2.48. The lowest BCUT2D eigenvalue weighted by Gasteiger charge is -2.36. The van der Waals surface area contributed by atoms with Gasteiger partial charge in [0.15, 0.2) is 5.96 Å². The lowest BCUT2D eigenvalue weighted by atomic mass is 10.0. The van der Waals surface area contributed by atoms with Crippen molar-refractivity contribution in [3.8, 4) is 5.75 Å². The summed E-state index contributed by atoms with van der Waals surface area (Å²) in [5.74, 6) is 2.44. The monoisotopic (exact) mass is 502 g/mol. The number of benzene rings is 1. The number of ether oxygens (including phenoxy) is 2. The minimum Gasteiger partial charge on any atom is -0.488 e. The van der Waals surface area contributed by atoms with Gasteiger partial charge >= 0.3 is 0 Å². The average molecular weight is 502 g/mol. The average Bonchev–Trinajstić information content (AvgIpc) is 3.09. The van der Waals surface area contributed by atoms with Crippen LogP contribution in [0.2, 0.25) is 0 Å². The largest absolute Gasteiger partial charge is 0.488 e. The van der Waals surface area contributed by atoms with E-state index in [4.69, 9.17) is 14.5 Å². The zero-order chi connectivity index (χ0) is 19.1. The van der Waals surface area contributed by atoms with Crippen LogP contribution in [0.5, 0.6) is 5.75 Å². The Labute approximate surface area is 186 Å². The molecule has 2 aliphatic heterocycles. The predicted octanol–water partition coefficient (Wildman–Crippen LogP) is 2.52. The third kappa shape index (κ3) is 6.49. The topological polar surface area (TPSA) is 58.1 Å². The number of rotatable bonds is 7. The molecular formula is C21H35IN4O2. The van der Waals surface area contributed by atoms with E-state index in [-0.39, 0.29) is 30.1 Å². The zero-order valence-corrected chi connectivity index (χ0v) is 19.6. The van der Waals surface area contributed by atoms with Gasteiger partial charge in [0.2, 0.25) is 0 Å². The van der Waals surface area contributed by atoms with E-state index in [9.17, 15) is 0 Å². The Bertz CT molecular complexity index is 595. The van der Waals surface area contributed by atoms with Crippen molar-refractivity contribution in [2.45, 2.75) is 39.3 Å². The molecule has 0 amide bonds. The van der Waals surface area contributed by atoms with Crippen LogP contribution in [0.15, 0.2) is 29.3 Å². The summed E-state index contributed by atoms with van der Waals surface area (Å²) in [6.45, 7) is 12.7. The molecule has 2 atom stereocenters. The minimum atomic E-state index is 0. The summed E-state index contributed by atoms with van der Waals surface area (Å²) in [5, 5.41) is 6.83. The van der Waals surface area contributed by atoms with Gasteiger partial charge in [0.25, 0.3) is 0 Å². The van der Waals surface area contributed by atoms with Crippen molar-refractivity contribution in [3.63, 3.8) is 0 Å². The number of aliphatic imine (C=N–C) groups is 1. The summed E-state index contributed by atoms with van der Waals surface area (Å²) >= 11 is 0. The Morgan fingerprint density at radius 2 is 1.96 bits per heavy atom. The highest BCUT2D eigenvalue weighted by atomic mass is 127. The van der Waals surface area contributed by atoms with E-state index in [0.717, 1.165) is 64.1 Å². The number of hydrogen-bond acceptors (Lipinski definition) is 4. The second-order valence-electron chi connectivity index (χ2n) is 7.61. The fourth-order valence-corrected chi connectivity index (χ4v) is 3.76. The van der Waals surface area contributed by atoms with Crippen LogP contribution >= 0.6 is 24.0 Å². The van der Waals surface area contributed by atoms with Crippen LogP contribution < -0.4 is 15.4 Å². The van der Waals surface area contributed by atoms with Crippen LogP contribution in [0.3, 0.4) is 0 Å². The number of guanidine groups is 1. The highest BCUT2D eigenvalue weighted by molar-refractivity contribution is 14.0. The molecule has 1 aromatic carbocycles. The van der Waals surface area contributed by atoms with Crippen molar-refractivity contribution >= 4 is 29.9 Å². The van der Waals surface area contributed by atoms with Crippen molar-refractivity contribution in [2.75, 3.05) is 45.9 Å². The molecule has 3 rings (SSSR count). The second-order valence-corrected chi connectivity index (χ2v) is 7.61. The van der Waals surface area contributed by atoms with Crippen molar-refractivity contribution in [2.24, 2.45) is 10.9 Å². The summed E-state index contributed by atoms with van der Waals surface area (Å²) in [6, 6.07) is 8.73. The minimum absolute atomic E-state index is 0. The number of para-hydroxylation sites is 1. The van der Waals surface area contributed by atoms with E-state index in [1.165, 1.54) is 5.56 Å². The Morgan fingerprint density at radius 1 is 1.21 bits per heavy atom. The number of nitrogens with one attached hydrogen (secondary N) is 2. The first kappa shape index (κ1) is 23.2. The number of hydrogen-bond donors (Lipinski definition) is 2. The first-order chi connectivity index (χ1) is 13.2. The molecule has 2 N–H and O–H groups in total. The molecule has 0 spiro atoms. The Hall–Kier alpha value is -1.06. The maximum atomic E-state index is 6.03. The molecular weight excluding hydrogens is 467 g/mol. The Balaban J connectivity index is 0.00000280. The van der Waals surface area contributed by atoms with Crippen molar-refractivity contribution < 1.29 is 9.47 Å². The summed E-state index contributed by atoms with van der Waals surface area (Å²) in [7, 11) is 0. The van der Waals surface area contributed by atoms with E-state index in [0.29, 0.717) is 12.0 Å². The van der Waals surface area contributed by atoms with Gasteiger partial charge in [0, 0.05) is 32.1 Å². The molecule has 28 heavy (non-hydrogen) atoms. The zero-order valence-electron chi connectivity index (χ0n) is 17.3. The van der Waals surface area contributed by atoms with E-state index in [1.54, 1.807) is 0 Å². The number of morpholine rings is 1. The molecule has 2 aliphatic rings. The van der Waals surface area contributed by atoms with Gasteiger partial charge in [-0.05, 0) is 24.5 Å². The second kappa shape index (κ2) is 11.8. The van der Waals surface area contributed by atoms with Crippen molar-refractivity contribution in [1.29, 1.82) is 0 Å². The first-order valence-corrected chi connectivity index (χ1v) is 10.3. The molecule has 0 aromatic heterocycles. The number of halogens is 1. The highest BCUT2D eigenvalue weighted by Crippen LogP contribution is 2.27. The van der Waals surface area contributed by atoms with Crippen LogP contribution in [0.1, 0.15) is 26.3 Å². The van der Waals surface area contributed by atoms with Crippen molar-refractivity contribution in [1.82, 2.24) is 15.5 Å². The van der Waals surface area contributed by atoms with Gasteiger partial charge < -0.3 is 20.1 Å². The maximum absolute atomic E-state index is 6.03. The summed E-state index contributed by atoms with van der Waals surface area (Å²) in [5.41, 5.74) is 1.29. The van der Waals surface area contributed by atoms with Crippen LogP contribution in [-0.4, -0.2) is 68.9 Å². The van der Waals surface area contributed by atoms with Crippen molar-refractivity contribution in [3.05, 3.63) is 29.8 Å². The molecule has 158 valence electrons. The highest BCUT2D eigenvalue weighted by Gasteiger charge is 2.24. The molecule has 0 bridgehead atoms. The molecule has 0 aliphatic carbocycles. The molecule has 0 saturated carbocycles. The molecule has 2 unspecified atom stereocenters. The normalized spacial score (nSPS) is 20.9. The lowest BCUT2D eigenvalue weighted by molar-refractivity contribution is 0.00867. The van der Waals surface area contributed by atoms with Gasteiger partial charge in [-0.15, -0.1) is 24.0 Å². The molecule has 1 aromatic rings. The van der Waals surface area contributed by atoms with E-state index >= 15 is 0 Å². The first-order valence-electron chi connectivity index (χ1n) is 10.3. The quantitative estimate of drug-likeness (QED) is 0.341. The van der Waals surface area contributed by atoms with Gasteiger partial charge in [0.05, 0.1) is 26.3 Å². The fraction of sp³-hybridized carbons (Fsp3) is 0.667. The standard InChI is InChI=1S/C21H34N4O2.HI/c1-4-22-21(23-14-18-13-17-7-5-6-8-20(17)27-18)24-15-19(16(2)3)25-9-11-26-12-10-25;/h5-8,16,18-19H,4,9-15H2,1-3H3,(H2,22,23,24);1H. The molecule has 2 heterocycles. The molecule has 6 nitrogen and oxygen atoms in total. The summed E-state index contributed by atoms with van der Waals surface area (Å²) < 4.78 is 11.5. The van der Waals surface area contributed by atoms with Gasteiger partial charge in [0.1, 0.15) is 11.9 Å². The smallest absolute Gasteiger partial charge is 0.191 e. The molecule has 1 saturated heterocycles. The fourth-order valence-electron chi connectivity index (χ4n) is 3.76. The van der Waals surface area contributed by atoms with Gasteiger partial charge in [-0.2, -0.15) is 0 Å².